The molecule has 76 valence electrons. The normalized spacial score (nSPS) is 9.93. The first-order valence-electron chi connectivity index (χ1n) is 4.39. The van der Waals surface area contributed by atoms with Gasteiger partial charge in [-0.25, -0.2) is 0 Å². The molecule has 0 amide bonds. The number of carbonyl (C=O) groups is 1. The minimum absolute atomic E-state index is 0.0463. The Bertz CT molecular complexity index is 465. The minimum Gasteiger partial charge on any atom is -0.496 e. The van der Waals surface area contributed by atoms with Crippen LogP contribution in [-0.2, 0) is 0 Å². The summed E-state index contributed by atoms with van der Waals surface area (Å²) in [7, 11) is 1.54. The molecule has 4 heteroatoms. The SMILES string of the molecule is COc1ccncc1C(=O)c1cccs1. The van der Waals surface area contributed by atoms with Crippen LogP contribution < -0.4 is 4.74 Å². The maximum Gasteiger partial charge on any atom is 0.208 e. The van der Waals surface area contributed by atoms with Crippen LogP contribution >= 0.6 is 11.3 Å². The first kappa shape index (κ1) is 9.86. The van der Waals surface area contributed by atoms with Gasteiger partial charge in [-0.15, -0.1) is 11.3 Å². The molecule has 0 fully saturated rings. The molecule has 0 aliphatic heterocycles. The van der Waals surface area contributed by atoms with Gasteiger partial charge in [0.1, 0.15) is 5.75 Å². The van der Waals surface area contributed by atoms with E-state index in [1.54, 1.807) is 25.4 Å². The summed E-state index contributed by atoms with van der Waals surface area (Å²) in [6, 6.07) is 5.32. The Balaban J connectivity index is 2.42. The van der Waals surface area contributed by atoms with E-state index in [1.165, 1.54) is 17.5 Å². The lowest BCUT2D eigenvalue weighted by Crippen LogP contribution is -2.02. The fraction of sp³-hybridized carbons (Fsp3) is 0.0909. The van der Waals surface area contributed by atoms with Gasteiger partial charge in [-0.3, -0.25) is 9.78 Å². The van der Waals surface area contributed by atoms with Crippen molar-refractivity contribution in [2.75, 3.05) is 7.11 Å². The number of thiophene rings is 1. The van der Waals surface area contributed by atoms with Gasteiger partial charge in [0.15, 0.2) is 0 Å². The van der Waals surface area contributed by atoms with E-state index in [0.29, 0.717) is 16.2 Å². The van der Waals surface area contributed by atoms with Crippen LogP contribution in [0.3, 0.4) is 0 Å². The number of pyridine rings is 1. The maximum absolute atomic E-state index is 12.0. The first-order valence-corrected chi connectivity index (χ1v) is 5.27. The summed E-state index contributed by atoms with van der Waals surface area (Å²) >= 11 is 1.41. The van der Waals surface area contributed by atoms with Crippen molar-refractivity contribution in [2.45, 2.75) is 0 Å². The van der Waals surface area contributed by atoms with Gasteiger partial charge in [0, 0.05) is 12.4 Å². The molecule has 2 aromatic rings. The number of nitrogens with zero attached hydrogens (tertiary/aromatic N) is 1. The molecular weight excluding hydrogens is 210 g/mol. The molecular formula is C11H9NO2S. The molecule has 0 spiro atoms. The minimum atomic E-state index is -0.0463. The molecule has 0 atom stereocenters. The van der Waals surface area contributed by atoms with Crippen molar-refractivity contribution < 1.29 is 9.53 Å². The molecule has 3 nitrogen and oxygen atoms in total. The van der Waals surface area contributed by atoms with Crippen molar-refractivity contribution in [2.24, 2.45) is 0 Å². The van der Waals surface area contributed by atoms with Crippen LogP contribution in [0.5, 0.6) is 5.75 Å². The zero-order valence-corrected chi connectivity index (χ0v) is 8.95. The molecule has 0 radical (unpaired) electrons. The van der Waals surface area contributed by atoms with Crippen LogP contribution in [0, 0.1) is 0 Å². The Labute approximate surface area is 91.4 Å². The highest BCUT2D eigenvalue weighted by atomic mass is 32.1. The van der Waals surface area contributed by atoms with E-state index in [1.807, 2.05) is 11.4 Å². The first-order chi connectivity index (χ1) is 7.33. The highest BCUT2D eigenvalue weighted by Crippen LogP contribution is 2.21. The van der Waals surface area contributed by atoms with E-state index < -0.39 is 0 Å². The van der Waals surface area contributed by atoms with Crippen molar-refractivity contribution in [3.05, 3.63) is 46.4 Å². The molecule has 0 aliphatic carbocycles. The Hall–Kier alpha value is -1.68. The van der Waals surface area contributed by atoms with Gasteiger partial charge in [-0.2, -0.15) is 0 Å². The number of aromatic nitrogens is 1. The summed E-state index contributed by atoms with van der Waals surface area (Å²) in [6.07, 6.45) is 3.13. The quantitative estimate of drug-likeness (QED) is 0.744. The number of hydrogen-bond acceptors (Lipinski definition) is 4. The Morgan fingerprint density at radius 1 is 1.47 bits per heavy atom. The van der Waals surface area contributed by atoms with E-state index in [2.05, 4.69) is 4.98 Å². The average Bonchev–Trinajstić information content (AvgIpc) is 2.81. The smallest absolute Gasteiger partial charge is 0.208 e. The Kier molecular flexibility index (Phi) is 2.78. The van der Waals surface area contributed by atoms with Gasteiger partial charge < -0.3 is 4.74 Å². The second-order valence-corrected chi connectivity index (χ2v) is 3.83. The standard InChI is InChI=1S/C11H9NO2S/c1-14-9-4-5-12-7-8(9)11(13)10-3-2-6-15-10/h2-7H,1H3. The Morgan fingerprint density at radius 3 is 3.00 bits per heavy atom. The molecule has 0 aromatic carbocycles. The van der Waals surface area contributed by atoms with E-state index in [9.17, 15) is 4.79 Å². The molecule has 0 saturated heterocycles. The number of hydrogen-bond donors (Lipinski definition) is 0. The van der Waals surface area contributed by atoms with Crippen molar-refractivity contribution >= 4 is 17.1 Å². The van der Waals surface area contributed by atoms with Crippen molar-refractivity contribution in [3.63, 3.8) is 0 Å². The number of carbonyl (C=O) groups excluding carboxylic acids is 1. The van der Waals surface area contributed by atoms with Crippen molar-refractivity contribution in [1.82, 2.24) is 4.98 Å². The molecule has 2 heterocycles. The second kappa shape index (κ2) is 4.23. The molecule has 0 bridgehead atoms. The third kappa shape index (κ3) is 1.89. The molecule has 0 aliphatic rings. The predicted molar refractivity (Wildman–Crippen MR) is 58.5 cm³/mol. The van der Waals surface area contributed by atoms with Gasteiger partial charge in [0.2, 0.25) is 5.78 Å². The van der Waals surface area contributed by atoms with E-state index >= 15 is 0 Å². The number of ketones is 1. The molecule has 0 saturated carbocycles. The summed E-state index contributed by atoms with van der Waals surface area (Å²) in [6.45, 7) is 0. The van der Waals surface area contributed by atoms with Crippen LogP contribution in [-0.4, -0.2) is 17.9 Å². The van der Waals surface area contributed by atoms with Crippen LogP contribution in [0.2, 0.25) is 0 Å². The van der Waals surface area contributed by atoms with Crippen LogP contribution in [0.25, 0.3) is 0 Å². The zero-order valence-electron chi connectivity index (χ0n) is 8.14. The third-order valence-corrected chi connectivity index (χ3v) is 2.86. The fourth-order valence-electron chi connectivity index (χ4n) is 1.27. The maximum atomic E-state index is 12.0. The van der Waals surface area contributed by atoms with Gasteiger partial charge in [-0.05, 0) is 17.5 Å². The summed E-state index contributed by atoms with van der Waals surface area (Å²) in [5.41, 5.74) is 0.502. The van der Waals surface area contributed by atoms with Crippen molar-refractivity contribution in [1.29, 1.82) is 0 Å². The van der Waals surface area contributed by atoms with E-state index in [4.69, 9.17) is 4.74 Å². The average molecular weight is 219 g/mol. The molecule has 2 rings (SSSR count). The monoisotopic (exact) mass is 219 g/mol. The predicted octanol–water partition coefficient (Wildman–Crippen LogP) is 2.38. The fourth-order valence-corrected chi connectivity index (χ4v) is 1.95. The molecule has 2 aromatic heterocycles. The largest absolute Gasteiger partial charge is 0.496 e. The van der Waals surface area contributed by atoms with Gasteiger partial charge >= 0.3 is 0 Å². The summed E-state index contributed by atoms with van der Waals surface area (Å²) < 4.78 is 5.11. The lowest BCUT2D eigenvalue weighted by molar-refractivity contribution is 0.103. The van der Waals surface area contributed by atoms with Gasteiger partial charge in [0.05, 0.1) is 17.6 Å². The number of rotatable bonds is 3. The van der Waals surface area contributed by atoms with E-state index in [-0.39, 0.29) is 5.78 Å². The van der Waals surface area contributed by atoms with Crippen LogP contribution in [0.4, 0.5) is 0 Å². The van der Waals surface area contributed by atoms with Gasteiger partial charge in [0.25, 0.3) is 0 Å². The molecule has 0 unspecified atom stereocenters. The lowest BCUT2D eigenvalue weighted by atomic mass is 10.1. The van der Waals surface area contributed by atoms with Crippen LogP contribution in [0.15, 0.2) is 36.0 Å². The van der Waals surface area contributed by atoms with E-state index in [0.717, 1.165) is 0 Å². The van der Waals surface area contributed by atoms with Gasteiger partial charge in [-0.1, -0.05) is 6.07 Å². The van der Waals surface area contributed by atoms with Crippen LogP contribution in [0.1, 0.15) is 15.2 Å². The second-order valence-electron chi connectivity index (χ2n) is 2.88. The topological polar surface area (TPSA) is 39.2 Å². The Morgan fingerprint density at radius 2 is 2.33 bits per heavy atom. The molecule has 0 N–H and O–H groups in total. The number of methoxy groups -OCH3 is 1. The van der Waals surface area contributed by atoms with Crippen molar-refractivity contribution in [3.8, 4) is 5.75 Å². The summed E-state index contributed by atoms with van der Waals surface area (Å²) in [5, 5.41) is 1.87. The number of ether oxygens (including phenoxy) is 1. The highest BCUT2D eigenvalue weighted by Gasteiger charge is 2.14. The molecule has 15 heavy (non-hydrogen) atoms. The highest BCUT2D eigenvalue weighted by molar-refractivity contribution is 7.12. The summed E-state index contributed by atoms with van der Waals surface area (Å²) in [4.78, 5) is 16.6. The summed E-state index contributed by atoms with van der Waals surface area (Å²) in [5.74, 6) is 0.512. The zero-order chi connectivity index (χ0) is 10.7. The third-order valence-electron chi connectivity index (χ3n) is 1.99. The lowest BCUT2D eigenvalue weighted by Gasteiger charge is -2.04.